The van der Waals surface area contributed by atoms with Crippen molar-refractivity contribution in [3.05, 3.63) is 24.8 Å². The highest BCUT2D eigenvalue weighted by atomic mass is 31.2. The van der Waals surface area contributed by atoms with Crippen molar-refractivity contribution in [3.8, 4) is 0 Å². The molecule has 0 heterocycles. The first-order valence-corrected chi connectivity index (χ1v) is 14.9. The van der Waals surface area contributed by atoms with Crippen molar-refractivity contribution in [2.45, 2.75) is 115 Å². The number of likely N-dealkylation sites (N-methyl/N-ethyl adjacent to an activating group) is 1. The van der Waals surface area contributed by atoms with Crippen LogP contribution in [0.3, 0.4) is 0 Å². The summed E-state index contributed by atoms with van der Waals surface area (Å²) in [6.07, 6.45) is 24.3. The molecule has 0 aliphatic heterocycles. The Morgan fingerprint density at radius 1 is 0.848 bits per heavy atom. The Morgan fingerprint density at radius 3 is 1.70 bits per heavy atom. The van der Waals surface area contributed by atoms with E-state index in [0.29, 0.717) is 17.3 Å². The first-order valence-electron chi connectivity index (χ1n) is 13.3. The summed E-state index contributed by atoms with van der Waals surface area (Å²) in [6.45, 7) is 5.76. The topological polar surface area (TPSA) is 77.8 Å². The minimum atomic E-state index is -4.63. The van der Waals surface area contributed by atoms with Gasteiger partial charge < -0.3 is 19.4 Å². The fourth-order valence-corrected chi connectivity index (χ4v) is 6.07. The van der Waals surface area contributed by atoms with Gasteiger partial charge in [0.1, 0.15) is 6.54 Å². The lowest BCUT2D eigenvalue weighted by molar-refractivity contribution is -0.875. The number of quaternary nitrogens is 1. The van der Waals surface area contributed by atoms with Crippen LogP contribution in [0.4, 0.5) is 0 Å². The van der Waals surface area contributed by atoms with Gasteiger partial charge in [0, 0.05) is 5.92 Å². The maximum atomic E-state index is 12.2. The van der Waals surface area contributed by atoms with E-state index in [1.54, 1.807) is 0 Å². The molecule has 33 heavy (non-hydrogen) atoms. The molecule has 2 unspecified atom stereocenters. The minimum Gasteiger partial charge on any atom is -0.373 e. The maximum Gasteiger partial charge on any atom is 0.363 e. The molecule has 0 saturated heterocycles. The summed E-state index contributed by atoms with van der Waals surface area (Å²) >= 11 is 0. The average Bonchev–Trinajstić information content (AvgIpc) is 2.70. The van der Waals surface area contributed by atoms with Crippen LogP contribution in [0.1, 0.15) is 110 Å². The summed E-state index contributed by atoms with van der Waals surface area (Å²) in [5, 5.41) is 9.17. The van der Waals surface area contributed by atoms with Crippen LogP contribution in [0.25, 0.3) is 0 Å². The van der Waals surface area contributed by atoms with Gasteiger partial charge in [0.15, 0.2) is 0 Å². The molecule has 2 atom stereocenters. The van der Waals surface area contributed by atoms with E-state index >= 15 is 0 Å². The lowest BCUT2D eigenvalue weighted by Gasteiger charge is -2.40. The molecule has 0 spiro atoms. The molecule has 0 fully saturated rings. The molecule has 0 aromatic carbocycles. The van der Waals surface area contributed by atoms with E-state index < -0.39 is 12.9 Å². The third kappa shape index (κ3) is 16.0. The van der Waals surface area contributed by atoms with Gasteiger partial charge in [-0.05, 0) is 25.7 Å². The van der Waals surface area contributed by atoms with Crippen LogP contribution in [0.15, 0.2) is 24.8 Å². The van der Waals surface area contributed by atoms with Crippen molar-refractivity contribution in [2.24, 2.45) is 5.92 Å². The van der Waals surface area contributed by atoms with Crippen molar-refractivity contribution in [3.63, 3.8) is 0 Å². The number of rotatable bonds is 22. The van der Waals surface area contributed by atoms with Crippen molar-refractivity contribution in [1.82, 2.24) is 0 Å². The van der Waals surface area contributed by atoms with E-state index in [2.05, 4.69) is 12.7 Å². The molecule has 0 amide bonds. The zero-order valence-electron chi connectivity index (χ0n) is 22.2. The van der Waals surface area contributed by atoms with Crippen LogP contribution in [0, 0.1) is 5.92 Å². The van der Waals surface area contributed by atoms with Crippen molar-refractivity contribution in [2.75, 3.05) is 27.7 Å². The van der Waals surface area contributed by atoms with Gasteiger partial charge in [-0.1, -0.05) is 109 Å². The second-order valence-electron chi connectivity index (χ2n) is 10.8. The Kier molecular flexibility index (Phi) is 17.7. The maximum absolute atomic E-state index is 12.2. The van der Waals surface area contributed by atoms with E-state index in [-0.39, 0.29) is 12.5 Å². The standard InChI is InChI=1S/C27H54NO4P/c1-6-8-9-10-11-12-13-14-15-16-17-18-19-20-21-22-24-26(23-7-2)27(29,33(30,31)32)25-28(3,4)5/h6,8-9,26,29H,1,7,10-25H2,2-5H3,(H-,30,31,32)/p+1/b9-8+. The van der Waals surface area contributed by atoms with Crippen LogP contribution < -0.4 is 0 Å². The number of hydrogen-bond donors (Lipinski definition) is 3. The number of allylic oxidation sites excluding steroid dienone is 3. The van der Waals surface area contributed by atoms with E-state index in [4.69, 9.17) is 0 Å². The normalized spacial score (nSPS) is 15.6. The highest BCUT2D eigenvalue weighted by Gasteiger charge is 2.54. The van der Waals surface area contributed by atoms with Gasteiger partial charge in [0.2, 0.25) is 5.34 Å². The van der Waals surface area contributed by atoms with Crippen LogP contribution in [0.5, 0.6) is 0 Å². The molecule has 0 aliphatic rings. The second-order valence-corrected chi connectivity index (χ2v) is 12.7. The van der Waals surface area contributed by atoms with E-state index in [1.807, 2.05) is 40.2 Å². The molecule has 0 aromatic heterocycles. The van der Waals surface area contributed by atoms with Gasteiger partial charge in [0.05, 0.1) is 21.1 Å². The fourth-order valence-electron chi connectivity index (χ4n) is 4.73. The first-order chi connectivity index (χ1) is 15.5. The predicted octanol–water partition coefficient (Wildman–Crippen LogP) is 7.18. The van der Waals surface area contributed by atoms with Gasteiger partial charge in [-0.15, -0.1) is 0 Å². The van der Waals surface area contributed by atoms with E-state index in [0.717, 1.165) is 19.3 Å². The number of nitrogens with zero attached hydrogens (tertiary/aromatic N) is 1. The highest BCUT2D eigenvalue weighted by molar-refractivity contribution is 7.53. The molecule has 6 heteroatoms. The van der Waals surface area contributed by atoms with Crippen LogP contribution in [-0.4, -0.2) is 52.4 Å². The van der Waals surface area contributed by atoms with Crippen molar-refractivity contribution < 1.29 is 23.9 Å². The Bertz CT molecular complexity index is 567. The first kappa shape index (κ1) is 32.5. The molecule has 0 radical (unpaired) electrons. The zero-order chi connectivity index (χ0) is 25.2. The van der Waals surface area contributed by atoms with Crippen LogP contribution in [-0.2, 0) is 4.57 Å². The third-order valence-corrected chi connectivity index (χ3v) is 7.96. The molecular formula is C27H55NO4P+. The van der Waals surface area contributed by atoms with Crippen LogP contribution in [0.2, 0.25) is 0 Å². The molecule has 0 aliphatic carbocycles. The lowest BCUT2D eigenvalue weighted by atomic mass is 9.89. The lowest BCUT2D eigenvalue weighted by Crippen LogP contribution is -2.53. The SMILES string of the molecule is C=C/C=C/CCCCCCCCCCCCCCC(CCC)C(O)(C[N+](C)(C)C)P(=O)(O)O. The monoisotopic (exact) mass is 488 g/mol. The summed E-state index contributed by atoms with van der Waals surface area (Å²) in [5.74, 6) is -0.362. The van der Waals surface area contributed by atoms with Gasteiger partial charge in [-0.25, -0.2) is 0 Å². The Labute approximate surface area is 205 Å². The summed E-state index contributed by atoms with van der Waals surface area (Å²) in [6, 6.07) is 0. The summed E-state index contributed by atoms with van der Waals surface area (Å²) < 4.78 is 12.6. The van der Waals surface area contributed by atoms with Crippen molar-refractivity contribution >= 4 is 7.60 Å². The zero-order valence-corrected chi connectivity index (χ0v) is 23.1. The quantitative estimate of drug-likeness (QED) is 0.0653. The number of unbranched alkanes of at least 4 members (excludes halogenated alkanes) is 12. The molecule has 0 rings (SSSR count). The van der Waals surface area contributed by atoms with Gasteiger partial charge in [-0.2, -0.15) is 0 Å². The Hall–Kier alpha value is -0.450. The highest BCUT2D eigenvalue weighted by Crippen LogP contribution is 2.55. The second kappa shape index (κ2) is 17.9. The molecule has 5 nitrogen and oxygen atoms in total. The molecule has 0 saturated carbocycles. The Balaban J connectivity index is 4.04. The van der Waals surface area contributed by atoms with Gasteiger partial charge >= 0.3 is 7.60 Å². The fraction of sp³-hybridized carbons (Fsp3) is 0.852. The molecule has 3 N–H and O–H groups in total. The number of hydrogen-bond acceptors (Lipinski definition) is 2. The summed E-state index contributed by atoms with van der Waals surface area (Å²) in [5.41, 5.74) is 0. The average molecular weight is 489 g/mol. The Morgan fingerprint density at radius 2 is 1.30 bits per heavy atom. The number of aliphatic hydroxyl groups is 1. The van der Waals surface area contributed by atoms with Crippen LogP contribution >= 0.6 is 7.60 Å². The smallest absolute Gasteiger partial charge is 0.363 e. The summed E-state index contributed by atoms with van der Waals surface area (Å²) in [7, 11) is 0.976. The van der Waals surface area contributed by atoms with Crippen molar-refractivity contribution in [1.29, 1.82) is 0 Å². The molecule has 0 aromatic rings. The third-order valence-electron chi connectivity index (χ3n) is 6.45. The molecule has 0 bridgehead atoms. The minimum absolute atomic E-state index is 0.0638. The molecular weight excluding hydrogens is 433 g/mol. The van der Waals surface area contributed by atoms with E-state index in [9.17, 15) is 19.5 Å². The largest absolute Gasteiger partial charge is 0.373 e. The van der Waals surface area contributed by atoms with Gasteiger partial charge in [-0.3, -0.25) is 4.57 Å². The predicted molar refractivity (Wildman–Crippen MR) is 142 cm³/mol. The summed E-state index contributed by atoms with van der Waals surface area (Å²) in [4.78, 5) is 20.0. The molecule has 196 valence electrons. The van der Waals surface area contributed by atoms with E-state index in [1.165, 1.54) is 70.6 Å². The van der Waals surface area contributed by atoms with Gasteiger partial charge in [0.25, 0.3) is 0 Å².